The molecule has 0 spiro atoms. The van der Waals surface area contributed by atoms with Crippen molar-refractivity contribution in [3.63, 3.8) is 0 Å². The third-order valence-corrected chi connectivity index (χ3v) is 5.61. The predicted molar refractivity (Wildman–Crippen MR) is 66.7 cm³/mol. The fraction of sp³-hybridized carbons (Fsp3) is 0.857. The van der Waals surface area contributed by atoms with Gasteiger partial charge in [-0.3, -0.25) is 0 Å². The highest BCUT2D eigenvalue weighted by atomic mass is 16.4. The maximum atomic E-state index is 5.49. The van der Waals surface area contributed by atoms with Crippen molar-refractivity contribution in [1.29, 1.82) is 0 Å². The Labute approximate surface area is 108 Å². The SMILES string of the molecule is CNC(c1nnco1)C12CC3CC(CC(C3)C1)C2. The number of aromatic nitrogens is 2. The Morgan fingerprint density at radius 1 is 1.22 bits per heavy atom. The van der Waals surface area contributed by atoms with E-state index in [4.69, 9.17) is 4.42 Å². The summed E-state index contributed by atoms with van der Waals surface area (Å²) >= 11 is 0. The summed E-state index contributed by atoms with van der Waals surface area (Å²) in [5.74, 6) is 3.65. The molecule has 1 atom stereocenters. The first-order chi connectivity index (χ1) is 8.79. The van der Waals surface area contributed by atoms with Gasteiger partial charge in [-0.1, -0.05) is 0 Å². The highest BCUT2D eigenvalue weighted by molar-refractivity contribution is 5.09. The lowest BCUT2D eigenvalue weighted by Gasteiger charge is -2.58. The molecule has 1 aromatic rings. The summed E-state index contributed by atoms with van der Waals surface area (Å²) < 4.78 is 5.49. The average molecular weight is 247 g/mol. The summed E-state index contributed by atoms with van der Waals surface area (Å²) in [6, 6.07) is 0.258. The summed E-state index contributed by atoms with van der Waals surface area (Å²) in [4.78, 5) is 0. The van der Waals surface area contributed by atoms with Gasteiger partial charge in [0.15, 0.2) is 0 Å². The van der Waals surface area contributed by atoms with Gasteiger partial charge in [0.1, 0.15) is 0 Å². The molecule has 1 N–H and O–H groups in total. The lowest BCUT2D eigenvalue weighted by atomic mass is 9.47. The Balaban J connectivity index is 1.70. The molecule has 0 saturated heterocycles. The van der Waals surface area contributed by atoms with Gasteiger partial charge in [-0.15, -0.1) is 10.2 Å². The van der Waals surface area contributed by atoms with Crippen LogP contribution in [0.3, 0.4) is 0 Å². The van der Waals surface area contributed by atoms with E-state index in [2.05, 4.69) is 15.5 Å². The van der Waals surface area contributed by atoms with Gasteiger partial charge in [0.25, 0.3) is 0 Å². The molecule has 18 heavy (non-hydrogen) atoms. The molecule has 4 aliphatic carbocycles. The second-order valence-corrected chi connectivity index (χ2v) is 6.78. The second kappa shape index (κ2) is 3.80. The maximum Gasteiger partial charge on any atom is 0.233 e. The minimum absolute atomic E-state index is 0.258. The van der Waals surface area contributed by atoms with Gasteiger partial charge in [-0.2, -0.15) is 0 Å². The molecule has 5 rings (SSSR count). The van der Waals surface area contributed by atoms with Crippen LogP contribution in [0.5, 0.6) is 0 Å². The quantitative estimate of drug-likeness (QED) is 0.891. The molecule has 4 aliphatic rings. The van der Waals surface area contributed by atoms with E-state index in [1.807, 2.05) is 7.05 Å². The van der Waals surface area contributed by atoms with Gasteiger partial charge in [0.05, 0.1) is 6.04 Å². The minimum Gasteiger partial charge on any atom is -0.426 e. The Morgan fingerprint density at radius 3 is 2.28 bits per heavy atom. The van der Waals surface area contributed by atoms with Crippen LogP contribution in [0, 0.1) is 23.2 Å². The zero-order valence-corrected chi connectivity index (χ0v) is 10.9. The van der Waals surface area contributed by atoms with Gasteiger partial charge in [-0.25, -0.2) is 0 Å². The predicted octanol–water partition coefficient (Wildman–Crippen LogP) is 2.55. The zero-order chi connectivity index (χ0) is 12.2. The van der Waals surface area contributed by atoms with Crippen molar-refractivity contribution >= 4 is 0 Å². The van der Waals surface area contributed by atoms with Gasteiger partial charge >= 0.3 is 0 Å². The fourth-order valence-electron chi connectivity index (χ4n) is 5.53. The van der Waals surface area contributed by atoms with Crippen LogP contribution >= 0.6 is 0 Å². The van der Waals surface area contributed by atoms with E-state index in [-0.39, 0.29) is 6.04 Å². The third kappa shape index (κ3) is 1.48. The molecule has 0 aromatic carbocycles. The Kier molecular flexibility index (Phi) is 2.31. The van der Waals surface area contributed by atoms with Crippen LogP contribution in [0.2, 0.25) is 0 Å². The molecule has 4 heteroatoms. The Hall–Kier alpha value is -0.900. The van der Waals surface area contributed by atoms with E-state index in [0.29, 0.717) is 5.41 Å². The van der Waals surface area contributed by atoms with Gasteiger partial charge < -0.3 is 9.73 Å². The third-order valence-electron chi connectivity index (χ3n) is 5.61. The van der Waals surface area contributed by atoms with E-state index in [1.165, 1.54) is 44.9 Å². The van der Waals surface area contributed by atoms with Gasteiger partial charge in [-0.05, 0) is 68.7 Å². The van der Waals surface area contributed by atoms with Crippen molar-refractivity contribution < 1.29 is 4.42 Å². The molecule has 4 fully saturated rings. The topological polar surface area (TPSA) is 51.0 Å². The van der Waals surface area contributed by atoms with Crippen molar-refractivity contribution in [3.8, 4) is 0 Å². The lowest BCUT2D eigenvalue weighted by molar-refractivity contribution is -0.0780. The monoisotopic (exact) mass is 247 g/mol. The van der Waals surface area contributed by atoms with Crippen LogP contribution in [0.1, 0.15) is 50.5 Å². The van der Waals surface area contributed by atoms with Crippen LogP contribution < -0.4 is 5.32 Å². The highest BCUT2D eigenvalue weighted by Gasteiger charge is 2.55. The zero-order valence-electron chi connectivity index (χ0n) is 10.9. The summed E-state index contributed by atoms with van der Waals surface area (Å²) in [5, 5.41) is 11.5. The first kappa shape index (κ1) is 11.0. The molecule has 4 nitrogen and oxygen atoms in total. The molecule has 0 radical (unpaired) electrons. The lowest BCUT2D eigenvalue weighted by Crippen LogP contribution is -2.51. The Morgan fingerprint density at radius 2 is 1.83 bits per heavy atom. The average Bonchev–Trinajstić information content (AvgIpc) is 2.81. The van der Waals surface area contributed by atoms with Crippen molar-refractivity contribution in [3.05, 3.63) is 12.3 Å². The molecule has 98 valence electrons. The van der Waals surface area contributed by atoms with E-state index >= 15 is 0 Å². The second-order valence-electron chi connectivity index (χ2n) is 6.78. The maximum absolute atomic E-state index is 5.49. The molecule has 4 bridgehead atoms. The van der Waals surface area contributed by atoms with Gasteiger partial charge in [0, 0.05) is 0 Å². The van der Waals surface area contributed by atoms with E-state index in [1.54, 1.807) is 0 Å². The highest BCUT2D eigenvalue weighted by Crippen LogP contribution is 2.63. The molecule has 0 aliphatic heterocycles. The summed E-state index contributed by atoms with van der Waals surface area (Å²) in [7, 11) is 2.04. The molecule has 1 unspecified atom stereocenters. The molecular formula is C14H21N3O. The van der Waals surface area contributed by atoms with Crippen molar-refractivity contribution in [2.24, 2.45) is 23.2 Å². The summed E-state index contributed by atoms with van der Waals surface area (Å²) in [5.41, 5.74) is 0.385. The molecule has 4 saturated carbocycles. The van der Waals surface area contributed by atoms with E-state index < -0.39 is 0 Å². The number of hydrogen-bond acceptors (Lipinski definition) is 4. The standard InChI is InChI=1S/C14H21N3O/c1-15-12(13-17-16-8-18-13)14-5-9-2-10(6-14)4-11(3-9)7-14/h8-12,15H,2-7H2,1H3. The van der Waals surface area contributed by atoms with E-state index in [0.717, 1.165) is 23.6 Å². The van der Waals surface area contributed by atoms with E-state index in [9.17, 15) is 0 Å². The van der Waals surface area contributed by atoms with Gasteiger partial charge in [0.2, 0.25) is 12.3 Å². The van der Waals surface area contributed by atoms with Crippen molar-refractivity contribution in [2.45, 2.75) is 44.6 Å². The van der Waals surface area contributed by atoms with Crippen LogP contribution in [-0.2, 0) is 0 Å². The number of nitrogens with zero attached hydrogens (tertiary/aromatic N) is 2. The number of nitrogens with one attached hydrogen (secondary N) is 1. The molecular weight excluding hydrogens is 226 g/mol. The summed E-state index contributed by atoms with van der Waals surface area (Å²) in [6.07, 6.45) is 9.94. The molecule has 1 heterocycles. The summed E-state index contributed by atoms with van der Waals surface area (Å²) in [6.45, 7) is 0. The smallest absolute Gasteiger partial charge is 0.233 e. The first-order valence-electron chi connectivity index (χ1n) is 7.22. The molecule has 0 amide bonds. The first-order valence-corrected chi connectivity index (χ1v) is 7.22. The fourth-order valence-corrected chi connectivity index (χ4v) is 5.53. The number of rotatable bonds is 3. The van der Waals surface area contributed by atoms with Crippen LogP contribution in [0.15, 0.2) is 10.8 Å². The minimum atomic E-state index is 0.258. The normalized spacial score (nSPS) is 43.3. The van der Waals surface area contributed by atoms with Crippen molar-refractivity contribution in [1.82, 2.24) is 15.5 Å². The van der Waals surface area contributed by atoms with Crippen LogP contribution in [0.4, 0.5) is 0 Å². The largest absolute Gasteiger partial charge is 0.426 e. The number of hydrogen-bond donors (Lipinski definition) is 1. The Bertz CT molecular complexity index is 393. The van der Waals surface area contributed by atoms with Crippen LogP contribution in [0.25, 0.3) is 0 Å². The molecule has 1 aromatic heterocycles. The van der Waals surface area contributed by atoms with Crippen molar-refractivity contribution in [2.75, 3.05) is 7.05 Å². The van der Waals surface area contributed by atoms with Crippen LogP contribution in [-0.4, -0.2) is 17.2 Å².